The highest BCUT2D eigenvalue weighted by Gasteiger charge is 2.50. The van der Waals surface area contributed by atoms with Crippen LogP contribution >= 0.6 is 0 Å². The van der Waals surface area contributed by atoms with E-state index in [4.69, 9.17) is 5.73 Å². The molecule has 4 nitrogen and oxygen atoms in total. The van der Waals surface area contributed by atoms with Gasteiger partial charge in [0.1, 0.15) is 0 Å². The smallest absolute Gasteiger partial charge is 0.239 e. The topological polar surface area (TPSA) is 63.4 Å². The Labute approximate surface area is 120 Å². The standard InChI is InChI=1S/C15H20N2O2S/c16-14-12-20(18,19)17(11-13-7-3-1-4-8-13)15(14)9-5-2-6-10-15/h1,3-4,7-8,12H,2,5-6,9-11,16H2. The Morgan fingerprint density at radius 2 is 1.75 bits per heavy atom. The molecule has 2 N–H and O–H groups in total. The van der Waals surface area contributed by atoms with Crippen LogP contribution < -0.4 is 5.73 Å². The first kappa shape index (κ1) is 13.6. The second kappa shape index (κ2) is 4.90. The van der Waals surface area contributed by atoms with Crippen LogP contribution in [0.2, 0.25) is 0 Å². The quantitative estimate of drug-likeness (QED) is 0.910. The molecule has 1 aliphatic carbocycles. The number of sulfonamides is 1. The average molecular weight is 292 g/mol. The molecule has 0 radical (unpaired) electrons. The van der Waals surface area contributed by atoms with E-state index in [2.05, 4.69) is 0 Å². The van der Waals surface area contributed by atoms with Gasteiger partial charge in [0.25, 0.3) is 0 Å². The number of benzene rings is 1. The first-order valence-electron chi connectivity index (χ1n) is 7.09. The maximum absolute atomic E-state index is 12.4. The van der Waals surface area contributed by atoms with Crippen LogP contribution in [0.3, 0.4) is 0 Å². The minimum Gasteiger partial charge on any atom is -0.400 e. The van der Waals surface area contributed by atoms with Gasteiger partial charge in [0, 0.05) is 12.2 Å². The molecule has 1 aromatic rings. The van der Waals surface area contributed by atoms with E-state index in [0.717, 1.165) is 37.7 Å². The Morgan fingerprint density at radius 3 is 2.40 bits per heavy atom. The maximum atomic E-state index is 12.4. The van der Waals surface area contributed by atoms with Crippen molar-refractivity contribution in [1.82, 2.24) is 4.31 Å². The van der Waals surface area contributed by atoms with E-state index in [1.165, 1.54) is 5.41 Å². The molecule has 1 fully saturated rings. The fourth-order valence-corrected chi connectivity index (χ4v) is 5.16. The fraction of sp³-hybridized carbons (Fsp3) is 0.467. The Balaban J connectivity index is 1.97. The number of nitrogens with zero attached hydrogens (tertiary/aromatic N) is 1. The van der Waals surface area contributed by atoms with Gasteiger partial charge in [0.15, 0.2) is 0 Å². The first-order valence-corrected chi connectivity index (χ1v) is 8.59. The molecule has 1 spiro atoms. The minimum atomic E-state index is -3.40. The van der Waals surface area contributed by atoms with E-state index in [-0.39, 0.29) is 0 Å². The number of hydrogen-bond acceptors (Lipinski definition) is 3. The van der Waals surface area contributed by atoms with E-state index in [1.54, 1.807) is 4.31 Å². The van der Waals surface area contributed by atoms with Gasteiger partial charge in [-0.15, -0.1) is 0 Å². The zero-order chi connectivity index (χ0) is 14.2. The molecule has 3 rings (SSSR count). The summed E-state index contributed by atoms with van der Waals surface area (Å²) in [5.41, 5.74) is 7.15. The summed E-state index contributed by atoms with van der Waals surface area (Å²) in [5.74, 6) is 0. The minimum absolute atomic E-state index is 0.403. The van der Waals surface area contributed by atoms with Crippen molar-refractivity contribution in [3.8, 4) is 0 Å². The third-order valence-electron chi connectivity index (χ3n) is 4.45. The third kappa shape index (κ3) is 2.15. The van der Waals surface area contributed by atoms with Crippen LogP contribution in [0, 0.1) is 0 Å². The molecule has 0 aromatic heterocycles. The van der Waals surface area contributed by atoms with Crippen molar-refractivity contribution in [2.75, 3.05) is 0 Å². The van der Waals surface area contributed by atoms with Gasteiger partial charge in [-0.25, -0.2) is 8.42 Å². The van der Waals surface area contributed by atoms with Crippen LogP contribution in [-0.4, -0.2) is 18.3 Å². The van der Waals surface area contributed by atoms with Gasteiger partial charge in [0.2, 0.25) is 10.0 Å². The molecule has 0 saturated heterocycles. The first-order chi connectivity index (χ1) is 9.55. The lowest BCUT2D eigenvalue weighted by molar-refractivity contribution is 0.167. The molecule has 0 amide bonds. The van der Waals surface area contributed by atoms with Crippen LogP contribution in [0.1, 0.15) is 37.7 Å². The molecule has 5 heteroatoms. The Hall–Kier alpha value is -1.33. The molecule has 1 aromatic carbocycles. The Morgan fingerprint density at radius 1 is 1.10 bits per heavy atom. The lowest BCUT2D eigenvalue weighted by atomic mass is 9.79. The summed E-state index contributed by atoms with van der Waals surface area (Å²) < 4.78 is 26.5. The lowest BCUT2D eigenvalue weighted by Gasteiger charge is -2.41. The Kier molecular flexibility index (Phi) is 3.34. The number of nitrogens with two attached hydrogens (primary N) is 1. The normalized spacial score (nSPS) is 24.7. The molecule has 2 aliphatic rings. The van der Waals surface area contributed by atoms with Crippen LogP contribution in [-0.2, 0) is 16.6 Å². The monoisotopic (exact) mass is 292 g/mol. The average Bonchev–Trinajstić information content (AvgIpc) is 2.62. The van der Waals surface area contributed by atoms with Gasteiger partial charge in [-0.05, 0) is 18.4 Å². The van der Waals surface area contributed by atoms with Gasteiger partial charge < -0.3 is 5.73 Å². The summed E-state index contributed by atoms with van der Waals surface area (Å²) >= 11 is 0. The van der Waals surface area contributed by atoms with Gasteiger partial charge in [-0.1, -0.05) is 49.6 Å². The summed E-state index contributed by atoms with van der Waals surface area (Å²) in [7, 11) is -3.40. The molecule has 20 heavy (non-hydrogen) atoms. The predicted octanol–water partition coefficient (Wildman–Crippen LogP) is 2.33. The molecular formula is C15H20N2O2S. The summed E-state index contributed by atoms with van der Waals surface area (Å²) in [6.45, 7) is 0.403. The molecule has 0 unspecified atom stereocenters. The van der Waals surface area contributed by atoms with Crippen molar-refractivity contribution in [2.45, 2.75) is 44.2 Å². The third-order valence-corrected chi connectivity index (χ3v) is 6.09. The van der Waals surface area contributed by atoms with E-state index in [9.17, 15) is 8.42 Å². The van der Waals surface area contributed by atoms with Gasteiger partial charge in [-0.2, -0.15) is 4.31 Å². The van der Waals surface area contributed by atoms with Gasteiger partial charge in [-0.3, -0.25) is 0 Å². The highest BCUT2D eigenvalue weighted by atomic mass is 32.2. The summed E-state index contributed by atoms with van der Waals surface area (Å²) in [6.07, 6.45) is 4.90. The Bertz CT molecular complexity index is 617. The van der Waals surface area contributed by atoms with Crippen molar-refractivity contribution >= 4 is 10.0 Å². The van der Waals surface area contributed by atoms with Crippen molar-refractivity contribution in [1.29, 1.82) is 0 Å². The zero-order valence-electron chi connectivity index (χ0n) is 11.5. The van der Waals surface area contributed by atoms with Crippen molar-refractivity contribution in [3.05, 3.63) is 47.0 Å². The second-order valence-electron chi connectivity index (χ2n) is 5.70. The van der Waals surface area contributed by atoms with Crippen molar-refractivity contribution in [3.63, 3.8) is 0 Å². The lowest BCUT2D eigenvalue weighted by Crippen LogP contribution is -2.50. The molecular weight excluding hydrogens is 272 g/mol. The van der Waals surface area contributed by atoms with E-state index < -0.39 is 15.6 Å². The van der Waals surface area contributed by atoms with E-state index in [0.29, 0.717) is 12.2 Å². The largest absolute Gasteiger partial charge is 0.400 e. The summed E-state index contributed by atoms with van der Waals surface area (Å²) in [5, 5.41) is 1.27. The second-order valence-corrected chi connectivity index (χ2v) is 7.41. The van der Waals surface area contributed by atoms with Crippen LogP contribution in [0.5, 0.6) is 0 Å². The molecule has 1 heterocycles. The van der Waals surface area contributed by atoms with Gasteiger partial charge in [0.05, 0.1) is 10.9 Å². The molecule has 0 atom stereocenters. The SMILES string of the molecule is NC1=CS(=O)(=O)N(Cc2ccccc2)C12CCCCC2. The summed E-state index contributed by atoms with van der Waals surface area (Å²) in [6, 6.07) is 9.72. The highest BCUT2D eigenvalue weighted by molar-refractivity contribution is 7.92. The van der Waals surface area contributed by atoms with Gasteiger partial charge >= 0.3 is 0 Å². The van der Waals surface area contributed by atoms with E-state index >= 15 is 0 Å². The molecule has 1 saturated carbocycles. The molecule has 1 aliphatic heterocycles. The predicted molar refractivity (Wildman–Crippen MR) is 79.0 cm³/mol. The van der Waals surface area contributed by atoms with Crippen LogP contribution in [0.25, 0.3) is 0 Å². The number of rotatable bonds is 2. The van der Waals surface area contributed by atoms with E-state index in [1.807, 2.05) is 30.3 Å². The summed E-state index contributed by atoms with van der Waals surface area (Å²) in [4.78, 5) is 0. The van der Waals surface area contributed by atoms with Crippen LogP contribution in [0.4, 0.5) is 0 Å². The maximum Gasteiger partial charge on any atom is 0.239 e. The molecule has 0 bridgehead atoms. The van der Waals surface area contributed by atoms with Crippen molar-refractivity contribution in [2.24, 2.45) is 5.73 Å². The van der Waals surface area contributed by atoms with Crippen molar-refractivity contribution < 1.29 is 8.42 Å². The zero-order valence-corrected chi connectivity index (χ0v) is 12.3. The number of hydrogen-bond donors (Lipinski definition) is 1. The molecule has 108 valence electrons. The fourth-order valence-electron chi connectivity index (χ4n) is 3.39. The van der Waals surface area contributed by atoms with Crippen LogP contribution in [0.15, 0.2) is 41.4 Å². The highest BCUT2D eigenvalue weighted by Crippen LogP contribution is 2.44.